The van der Waals surface area contributed by atoms with Crippen molar-refractivity contribution in [3.63, 3.8) is 0 Å². The monoisotopic (exact) mass is 410 g/mol. The van der Waals surface area contributed by atoms with Crippen LogP contribution in [0.5, 0.6) is 5.75 Å². The fraction of sp³-hybridized carbons (Fsp3) is 0.318. The molecular formula is C22H26N4O2S. The predicted octanol–water partition coefficient (Wildman–Crippen LogP) is 4.61. The van der Waals surface area contributed by atoms with Gasteiger partial charge in [0.15, 0.2) is 17.1 Å². The van der Waals surface area contributed by atoms with Crippen LogP contribution in [0.25, 0.3) is 0 Å². The molecule has 1 amide bonds. The second-order valence-corrected chi connectivity index (χ2v) is 8.05. The van der Waals surface area contributed by atoms with Gasteiger partial charge in [-0.2, -0.15) is 0 Å². The van der Waals surface area contributed by atoms with E-state index in [4.69, 9.17) is 4.74 Å². The van der Waals surface area contributed by atoms with E-state index < -0.39 is 0 Å². The third kappa shape index (κ3) is 5.38. The molecule has 6 nitrogen and oxygen atoms in total. The van der Waals surface area contributed by atoms with Crippen LogP contribution in [0.2, 0.25) is 0 Å². The van der Waals surface area contributed by atoms with Gasteiger partial charge in [-0.3, -0.25) is 4.79 Å². The highest BCUT2D eigenvalue weighted by Gasteiger charge is 2.18. The topological polar surface area (TPSA) is 69.0 Å². The molecule has 0 spiro atoms. The Morgan fingerprint density at radius 2 is 1.83 bits per heavy atom. The van der Waals surface area contributed by atoms with Crippen LogP contribution in [-0.2, 0) is 11.8 Å². The van der Waals surface area contributed by atoms with Gasteiger partial charge in [0.05, 0.1) is 5.75 Å². The first-order valence-electron chi connectivity index (χ1n) is 9.46. The molecule has 0 aliphatic heterocycles. The highest BCUT2D eigenvalue weighted by atomic mass is 32.2. The standard InChI is InChI=1S/C22H26N4O2S/c1-14-6-10-19(11-7-14)28-17(4)21-24-25-22(26(21)5)29-13-20(27)23-18-9-8-15(2)16(3)12-18/h6-12,17H,13H2,1-5H3,(H,23,27). The zero-order valence-electron chi connectivity index (χ0n) is 17.4. The van der Waals surface area contributed by atoms with Gasteiger partial charge in [0.1, 0.15) is 5.75 Å². The Balaban J connectivity index is 1.57. The van der Waals surface area contributed by atoms with Crippen LogP contribution < -0.4 is 10.1 Å². The molecule has 7 heteroatoms. The second kappa shape index (κ2) is 9.13. The summed E-state index contributed by atoms with van der Waals surface area (Å²) in [6, 6.07) is 13.8. The predicted molar refractivity (Wildman–Crippen MR) is 116 cm³/mol. The van der Waals surface area contributed by atoms with Crippen molar-refractivity contribution >= 4 is 23.4 Å². The molecule has 0 saturated carbocycles. The van der Waals surface area contributed by atoms with Gasteiger partial charge in [0.25, 0.3) is 0 Å². The molecule has 0 fully saturated rings. The van der Waals surface area contributed by atoms with Crippen molar-refractivity contribution in [2.24, 2.45) is 7.05 Å². The average molecular weight is 411 g/mol. The Kier molecular flexibility index (Phi) is 6.59. The number of nitrogens with one attached hydrogen (secondary N) is 1. The molecule has 0 radical (unpaired) electrons. The number of benzene rings is 2. The summed E-state index contributed by atoms with van der Waals surface area (Å²) in [6.45, 7) is 8.05. The van der Waals surface area contributed by atoms with E-state index >= 15 is 0 Å². The first-order chi connectivity index (χ1) is 13.8. The van der Waals surface area contributed by atoms with Crippen LogP contribution in [0.3, 0.4) is 0 Å². The number of carbonyl (C=O) groups excluding carboxylic acids is 1. The lowest BCUT2D eigenvalue weighted by Crippen LogP contribution is -2.15. The van der Waals surface area contributed by atoms with Crippen molar-refractivity contribution in [2.75, 3.05) is 11.1 Å². The lowest BCUT2D eigenvalue weighted by molar-refractivity contribution is -0.113. The fourth-order valence-corrected chi connectivity index (χ4v) is 3.54. The maximum Gasteiger partial charge on any atom is 0.234 e. The van der Waals surface area contributed by atoms with Crippen LogP contribution in [0, 0.1) is 20.8 Å². The number of thioether (sulfide) groups is 1. The van der Waals surface area contributed by atoms with Crippen LogP contribution in [0.1, 0.15) is 35.5 Å². The average Bonchev–Trinajstić information content (AvgIpc) is 3.05. The Labute approximate surface area is 175 Å². The smallest absolute Gasteiger partial charge is 0.234 e. The number of hydrogen-bond donors (Lipinski definition) is 1. The zero-order valence-corrected chi connectivity index (χ0v) is 18.2. The molecule has 3 aromatic rings. The number of ether oxygens (including phenoxy) is 1. The van der Waals surface area contributed by atoms with E-state index in [2.05, 4.69) is 15.5 Å². The van der Waals surface area contributed by atoms with E-state index in [1.807, 2.05) is 81.8 Å². The Morgan fingerprint density at radius 3 is 2.52 bits per heavy atom. The molecule has 1 aromatic heterocycles. The number of rotatable bonds is 7. The van der Waals surface area contributed by atoms with Gasteiger partial charge < -0.3 is 14.6 Å². The molecule has 152 valence electrons. The summed E-state index contributed by atoms with van der Waals surface area (Å²) in [5.41, 5.74) is 4.33. The van der Waals surface area contributed by atoms with Gasteiger partial charge in [0, 0.05) is 12.7 Å². The minimum absolute atomic E-state index is 0.0771. The van der Waals surface area contributed by atoms with E-state index in [1.165, 1.54) is 22.9 Å². The summed E-state index contributed by atoms with van der Waals surface area (Å²) in [7, 11) is 1.88. The van der Waals surface area contributed by atoms with Gasteiger partial charge in [-0.15, -0.1) is 10.2 Å². The van der Waals surface area contributed by atoms with Crippen molar-refractivity contribution < 1.29 is 9.53 Å². The van der Waals surface area contributed by atoms with Crippen LogP contribution >= 0.6 is 11.8 Å². The summed E-state index contributed by atoms with van der Waals surface area (Å²) in [5, 5.41) is 12.1. The maximum atomic E-state index is 12.3. The number of amides is 1. The minimum Gasteiger partial charge on any atom is -0.483 e. The summed E-state index contributed by atoms with van der Waals surface area (Å²) in [4.78, 5) is 12.3. The SMILES string of the molecule is Cc1ccc(OC(C)c2nnc(SCC(=O)Nc3ccc(C)c(C)c3)n2C)cc1. The number of aromatic nitrogens is 3. The highest BCUT2D eigenvalue weighted by molar-refractivity contribution is 7.99. The highest BCUT2D eigenvalue weighted by Crippen LogP contribution is 2.24. The molecule has 0 aliphatic rings. The molecule has 0 bridgehead atoms. The Morgan fingerprint density at radius 1 is 1.10 bits per heavy atom. The summed E-state index contributed by atoms with van der Waals surface area (Å²) >= 11 is 1.35. The molecule has 29 heavy (non-hydrogen) atoms. The number of anilines is 1. The number of carbonyl (C=O) groups is 1. The molecule has 0 aliphatic carbocycles. The maximum absolute atomic E-state index is 12.3. The van der Waals surface area contributed by atoms with Gasteiger partial charge >= 0.3 is 0 Å². The third-order valence-electron chi connectivity index (χ3n) is 4.69. The Hall–Kier alpha value is -2.80. The van der Waals surface area contributed by atoms with Crippen molar-refractivity contribution in [2.45, 2.75) is 39.0 Å². The summed E-state index contributed by atoms with van der Waals surface area (Å²) < 4.78 is 7.83. The quantitative estimate of drug-likeness (QED) is 0.576. The number of aryl methyl sites for hydroxylation is 3. The van der Waals surface area contributed by atoms with Crippen LogP contribution in [0.15, 0.2) is 47.6 Å². The van der Waals surface area contributed by atoms with Crippen molar-refractivity contribution in [3.8, 4) is 5.75 Å². The van der Waals surface area contributed by atoms with Gasteiger partial charge in [-0.1, -0.05) is 35.5 Å². The molecule has 2 aromatic carbocycles. The third-order valence-corrected chi connectivity index (χ3v) is 5.71. The molecule has 1 N–H and O–H groups in total. The van der Waals surface area contributed by atoms with Gasteiger partial charge in [-0.05, 0) is 63.1 Å². The minimum atomic E-state index is -0.256. The van der Waals surface area contributed by atoms with E-state index in [0.29, 0.717) is 11.0 Å². The first-order valence-corrected chi connectivity index (χ1v) is 10.4. The van der Waals surface area contributed by atoms with Gasteiger partial charge in [0.2, 0.25) is 5.91 Å². The van der Waals surface area contributed by atoms with E-state index in [1.54, 1.807) is 0 Å². The Bertz CT molecular complexity index is 999. The first kappa shape index (κ1) is 20.9. The molecule has 3 rings (SSSR count). The van der Waals surface area contributed by atoms with Crippen molar-refractivity contribution in [1.29, 1.82) is 0 Å². The van der Waals surface area contributed by atoms with Gasteiger partial charge in [-0.25, -0.2) is 0 Å². The summed E-state index contributed by atoms with van der Waals surface area (Å²) in [5.74, 6) is 1.68. The van der Waals surface area contributed by atoms with Crippen LogP contribution in [0.4, 0.5) is 5.69 Å². The van der Waals surface area contributed by atoms with Crippen molar-refractivity contribution in [3.05, 3.63) is 65.0 Å². The van der Waals surface area contributed by atoms with E-state index in [0.717, 1.165) is 17.0 Å². The normalized spacial score (nSPS) is 11.9. The molecule has 1 atom stereocenters. The zero-order chi connectivity index (χ0) is 21.0. The molecule has 1 unspecified atom stereocenters. The second-order valence-electron chi connectivity index (χ2n) is 7.11. The number of nitrogens with zero attached hydrogens (tertiary/aromatic N) is 3. The van der Waals surface area contributed by atoms with E-state index in [-0.39, 0.29) is 17.8 Å². The molecular weight excluding hydrogens is 384 g/mol. The van der Waals surface area contributed by atoms with Crippen LogP contribution in [-0.4, -0.2) is 26.4 Å². The fourth-order valence-electron chi connectivity index (χ4n) is 2.83. The number of hydrogen-bond acceptors (Lipinski definition) is 5. The lowest BCUT2D eigenvalue weighted by atomic mass is 10.1. The molecule has 1 heterocycles. The van der Waals surface area contributed by atoms with E-state index in [9.17, 15) is 4.79 Å². The van der Waals surface area contributed by atoms with Crippen molar-refractivity contribution in [1.82, 2.24) is 14.8 Å². The lowest BCUT2D eigenvalue weighted by Gasteiger charge is -2.14. The molecule has 0 saturated heterocycles. The summed E-state index contributed by atoms with van der Waals surface area (Å²) in [6.07, 6.45) is -0.256. The largest absolute Gasteiger partial charge is 0.483 e.